The molecule has 0 aromatic carbocycles. The largest absolute Gasteiger partial charge is 0.480 e. The number of urea groups is 1. The smallest absolute Gasteiger partial charge is 0.327 e. The van der Waals surface area contributed by atoms with E-state index in [0.29, 0.717) is 12.3 Å². The van der Waals surface area contributed by atoms with Gasteiger partial charge in [0.15, 0.2) is 0 Å². The van der Waals surface area contributed by atoms with Gasteiger partial charge < -0.3 is 10.4 Å². The van der Waals surface area contributed by atoms with Crippen LogP contribution in [-0.2, 0) is 4.79 Å². The minimum Gasteiger partial charge on any atom is -0.480 e. The summed E-state index contributed by atoms with van der Waals surface area (Å²) in [7, 11) is 0. The molecule has 102 valence electrons. The standard InChI is InChI=1S/C12H20N2O3S/c1-3-9-14(8(6-18-9)10(15)16)11(17)13-7-12(2)4-5-12/h8-9H,3-7H2,1-2H3,(H,13,17)(H,15,16). The summed E-state index contributed by atoms with van der Waals surface area (Å²) in [6, 6.07) is -0.917. The predicted molar refractivity (Wildman–Crippen MR) is 70.5 cm³/mol. The lowest BCUT2D eigenvalue weighted by molar-refractivity contribution is -0.141. The van der Waals surface area contributed by atoms with Crippen LogP contribution >= 0.6 is 11.8 Å². The molecule has 1 heterocycles. The number of amides is 2. The van der Waals surface area contributed by atoms with Crippen molar-refractivity contribution >= 4 is 23.8 Å². The summed E-state index contributed by atoms with van der Waals surface area (Å²) in [5, 5.41) is 12.0. The first kappa shape index (κ1) is 13.5. The second-order valence-electron chi connectivity index (χ2n) is 5.43. The molecule has 2 unspecified atom stereocenters. The van der Waals surface area contributed by atoms with E-state index < -0.39 is 12.0 Å². The average molecular weight is 272 g/mol. The highest BCUT2D eigenvalue weighted by atomic mass is 32.2. The molecule has 1 aliphatic carbocycles. The normalized spacial score (nSPS) is 29.1. The molecule has 18 heavy (non-hydrogen) atoms. The van der Waals surface area contributed by atoms with Crippen molar-refractivity contribution in [3.63, 3.8) is 0 Å². The lowest BCUT2D eigenvalue weighted by Gasteiger charge is -2.27. The molecule has 0 spiro atoms. The zero-order valence-corrected chi connectivity index (χ0v) is 11.6. The molecule has 2 atom stereocenters. The zero-order valence-electron chi connectivity index (χ0n) is 10.8. The van der Waals surface area contributed by atoms with Crippen LogP contribution in [0.1, 0.15) is 33.1 Å². The second kappa shape index (κ2) is 4.99. The summed E-state index contributed by atoms with van der Waals surface area (Å²) in [5.74, 6) is -0.426. The molecule has 1 saturated carbocycles. The van der Waals surface area contributed by atoms with Crippen LogP contribution in [0.5, 0.6) is 0 Å². The van der Waals surface area contributed by atoms with Gasteiger partial charge in [0.1, 0.15) is 6.04 Å². The molecule has 0 aromatic heterocycles. The molecule has 0 bridgehead atoms. The maximum absolute atomic E-state index is 12.1. The number of nitrogens with one attached hydrogen (secondary N) is 1. The quantitative estimate of drug-likeness (QED) is 0.818. The molecular weight excluding hydrogens is 252 g/mol. The fourth-order valence-corrected chi connectivity index (χ4v) is 3.46. The van der Waals surface area contributed by atoms with Crippen molar-refractivity contribution in [2.75, 3.05) is 12.3 Å². The number of hydrogen-bond donors (Lipinski definition) is 2. The van der Waals surface area contributed by atoms with E-state index >= 15 is 0 Å². The fraction of sp³-hybridized carbons (Fsp3) is 0.833. The number of aliphatic carboxylic acids is 1. The summed E-state index contributed by atoms with van der Waals surface area (Å²) >= 11 is 1.55. The highest BCUT2D eigenvalue weighted by Crippen LogP contribution is 2.44. The van der Waals surface area contributed by atoms with Gasteiger partial charge in [-0.1, -0.05) is 13.8 Å². The van der Waals surface area contributed by atoms with Crippen LogP contribution in [0.25, 0.3) is 0 Å². The van der Waals surface area contributed by atoms with Gasteiger partial charge >= 0.3 is 12.0 Å². The van der Waals surface area contributed by atoms with Crippen molar-refractivity contribution in [3.8, 4) is 0 Å². The Bertz CT molecular complexity index is 357. The van der Waals surface area contributed by atoms with Gasteiger partial charge in [0.25, 0.3) is 0 Å². The van der Waals surface area contributed by atoms with E-state index in [9.17, 15) is 9.59 Å². The van der Waals surface area contributed by atoms with Crippen LogP contribution in [0.4, 0.5) is 4.79 Å². The Morgan fingerprint density at radius 2 is 2.17 bits per heavy atom. The van der Waals surface area contributed by atoms with E-state index in [1.165, 1.54) is 4.90 Å². The van der Waals surface area contributed by atoms with Gasteiger partial charge in [0.05, 0.1) is 5.37 Å². The van der Waals surface area contributed by atoms with Crippen molar-refractivity contribution < 1.29 is 14.7 Å². The Hall–Kier alpha value is -0.910. The van der Waals surface area contributed by atoms with Crippen molar-refractivity contribution in [1.82, 2.24) is 10.2 Å². The number of thioether (sulfide) groups is 1. The summed E-state index contributed by atoms with van der Waals surface area (Å²) < 4.78 is 0. The Morgan fingerprint density at radius 3 is 2.67 bits per heavy atom. The molecule has 2 fully saturated rings. The Balaban J connectivity index is 1.97. The van der Waals surface area contributed by atoms with Crippen molar-refractivity contribution in [2.24, 2.45) is 5.41 Å². The number of hydrogen-bond acceptors (Lipinski definition) is 3. The maximum atomic E-state index is 12.1. The highest BCUT2D eigenvalue weighted by molar-refractivity contribution is 8.00. The van der Waals surface area contributed by atoms with E-state index in [4.69, 9.17) is 5.11 Å². The van der Waals surface area contributed by atoms with E-state index in [1.807, 2.05) is 6.92 Å². The molecule has 6 heteroatoms. The van der Waals surface area contributed by atoms with Crippen LogP contribution in [0.2, 0.25) is 0 Å². The third-order valence-corrected chi connectivity index (χ3v) is 5.18. The molecule has 1 aliphatic heterocycles. The molecule has 0 aromatic rings. The van der Waals surface area contributed by atoms with E-state index in [-0.39, 0.29) is 16.8 Å². The van der Waals surface area contributed by atoms with Crippen LogP contribution in [0.15, 0.2) is 0 Å². The molecule has 2 rings (SSSR count). The molecule has 2 amide bonds. The van der Waals surface area contributed by atoms with Gasteiger partial charge in [0, 0.05) is 12.3 Å². The molecule has 2 N–H and O–H groups in total. The Labute approximate surface area is 111 Å². The topological polar surface area (TPSA) is 69.6 Å². The zero-order chi connectivity index (χ0) is 13.3. The van der Waals surface area contributed by atoms with Gasteiger partial charge in [-0.3, -0.25) is 4.90 Å². The Morgan fingerprint density at radius 1 is 1.50 bits per heavy atom. The SMILES string of the molecule is CCC1SCC(C(=O)O)N1C(=O)NCC1(C)CC1. The molecule has 5 nitrogen and oxygen atoms in total. The first-order valence-electron chi connectivity index (χ1n) is 6.37. The fourth-order valence-electron chi connectivity index (χ4n) is 2.11. The third kappa shape index (κ3) is 2.74. The summed E-state index contributed by atoms with van der Waals surface area (Å²) in [4.78, 5) is 24.8. The number of carboxylic acids is 1. The summed E-state index contributed by atoms with van der Waals surface area (Å²) in [5.41, 5.74) is 0.239. The highest BCUT2D eigenvalue weighted by Gasteiger charge is 2.42. The van der Waals surface area contributed by atoms with Gasteiger partial charge in [-0.2, -0.15) is 0 Å². The molecule has 0 radical (unpaired) electrons. The molecule has 1 saturated heterocycles. The van der Waals surface area contributed by atoms with Gasteiger partial charge in [-0.15, -0.1) is 11.8 Å². The first-order chi connectivity index (χ1) is 8.47. The van der Waals surface area contributed by atoms with Gasteiger partial charge in [0.2, 0.25) is 0 Å². The van der Waals surface area contributed by atoms with Crippen molar-refractivity contribution in [3.05, 3.63) is 0 Å². The predicted octanol–water partition coefficient (Wildman–Crippen LogP) is 1.73. The lowest BCUT2D eigenvalue weighted by Crippen LogP contribution is -2.50. The first-order valence-corrected chi connectivity index (χ1v) is 7.42. The third-order valence-electron chi connectivity index (χ3n) is 3.73. The van der Waals surface area contributed by atoms with Crippen LogP contribution < -0.4 is 5.32 Å². The minimum absolute atomic E-state index is 0.0156. The summed E-state index contributed by atoms with van der Waals surface area (Å²) in [6.07, 6.45) is 3.06. The van der Waals surface area contributed by atoms with Crippen molar-refractivity contribution in [2.45, 2.75) is 44.5 Å². The number of rotatable bonds is 4. The summed E-state index contributed by atoms with van der Waals surface area (Å²) in [6.45, 7) is 4.76. The van der Waals surface area contributed by atoms with E-state index in [0.717, 1.165) is 19.3 Å². The number of carbonyl (C=O) groups is 2. The van der Waals surface area contributed by atoms with Gasteiger partial charge in [-0.05, 0) is 24.7 Å². The Kier molecular flexibility index (Phi) is 3.75. The minimum atomic E-state index is -0.911. The number of carbonyl (C=O) groups excluding carboxylic acids is 1. The van der Waals surface area contributed by atoms with Crippen LogP contribution in [0.3, 0.4) is 0 Å². The van der Waals surface area contributed by atoms with E-state index in [2.05, 4.69) is 12.2 Å². The van der Waals surface area contributed by atoms with E-state index in [1.54, 1.807) is 11.8 Å². The monoisotopic (exact) mass is 272 g/mol. The molecule has 2 aliphatic rings. The number of carboxylic acid groups (broad SMARTS) is 1. The maximum Gasteiger partial charge on any atom is 0.327 e. The number of nitrogens with zero attached hydrogens (tertiary/aromatic N) is 1. The van der Waals surface area contributed by atoms with Gasteiger partial charge in [-0.25, -0.2) is 9.59 Å². The van der Waals surface area contributed by atoms with Crippen molar-refractivity contribution in [1.29, 1.82) is 0 Å². The van der Waals surface area contributed by atoms with Crippen LogP contribution in [0, 0.1) is 5.41 Å². The second-order valence-corrected chi connectivity index (χ2v) is 6.64. The van der Waals surface area contributed by atoms with Crippen LogP contribution in [-0.4, -0.2) is 45.7 Å². The molecular formula is C12H20N2O3S. The lowest BCUT2D eigenvalue weighted by atomic mass is 10.1. The average Bonchev–Trinajstić information content (AvgIpc) is 2.92.